The molecule has 1 atom stereocenters. The van der Waals surface area contributed by atoms with Gasteiger partial charge in [0.15, 0.2) is 11.6 Å². The fourth-order valence-corrected chi connectivity index (χ4v) is 4.47. The predicted octanol–water partition coefficient (Wildman–Crippen LogP) is 4.20. The van der Waals surface area contributed by atoms with E-state index in [1.807, 2.05) is 29.2 Å². The highest BCUT2D eigenvalue weighted by Gasteiger charge is 2.44. The molecule has 2 aromatic carbocycles. The summed E-state index contributed by atoms with van der Waals surface area (Å²) in [4.78, 5) is 23.3. The second kappa shape index (κ2) is 9.15. The molecule has 1 aromatic heterocycles. The van der Waals surface area contributed by atoms with Crippen LogP contribution in [0.25, 0.3) is 0 Å². The summed E-state index contributed by atoms with van der Waals surface area (Å²) in [6, 6.07) is 15.5. The Morgan fingerprint density at radius 3 is 2.67 bits per heavy atom. The van der Waals surface area contributed by atoms with Gasteiger partial charge in [-0.05, 0) is 49.2 Å². The van der Waals surface area contributed by atoms with Gasteiger partial charge in [0.25, 0.3) is 5.91 Å². The number of amides is 1. The van der Waals surface area contributed by atoms with Gasteiger partial charge in [0.2, 0.25) is 5.95 Å². The number of hydrogen-bond donors (Lipinski definition) is 1. The van der Waals surface area contributed by atoms with Gasteiger partial charge in [-0.2, -0.15) is 0 Å². The topological polar surface area (TPSA) is 76.6 Å². The lowest BCUT2D eigenvalue weighted by Crippen LogP contribution is -2.46. The van der Waals surface area contributed by atoms with Gasteiger partial charge >= 0.3 is 0 Å². The Kier molecular flexibility index (Phi) is 5.92. The number of nitrogens with zero attached hydrogens (tertiary/aromatic N) is 3. The first kappa shape index (κ1) is 21.3. The second-order valence-electron chi connectivity index (χ2n) is 8.44. The molecule has 8 heteroatoms. The minimum Gasteiger partial charge on any atom is -0.485 e. The summed E-state index contributed by atoms with van der Waals surface area (Å²) in [7, 11) is 0. The monoisotopic (exact) mass is 448 g/mol. The minimum atomic E-state index is -0.366. The van der Waals surface area contributed by atoms with Gasteiger partial charge in [-0.25, -0.2) is 14.4 Å². The summed E-state index contributed by atoms with van der Waals surface area (Å²) < 4.78 is 25.9. The van der Waals surface area contributed by atoms with Crippen LogP contribution in [0.1, 0.15) is 29.6 Å². The molecule has 0 saturated carbocycles. The van der Waals surface area contributed by atoms with Crippen molar-refractivity contribution in [1.82, 2.24) is 14.9 Å². The molecule has 1 spiro atoms. The third kappa shape index (κ3) is 4.80. The Balaban J connectivity index is 1.18. The first-order chi connectivity index (χ1) is 16.1. The zero-order valence-corrected chi connectivity index (χ0v) is 18.1. The van der Waals surface area contributed by atoms with E-state index in [9.17, 15) is 9.18 Å². The molecule has 0 unspecified atom stereocenters. The molecule has 2 aliphatic heterocycles. The van der Waals surface area contributed by atoms with Crippen molar-refractivity contribution < 1.29 is 18.7 Å². The number of benzene rings is 2. The van der Waals surface area contributed by atoms with Crippen molar-refractivity contribution in [3.05, 3.63) is 78.4 Å². The van der Waals surface area contributed by atoms with Crippen LogP contribution < -0.4 is 10.1 Å². The minimum absolute atomic E-state index is 0.0142. The molecule has 1 amide bonds. The van der Waals surface area contributed by atoms with Gasteiger partial charge in [0.05, 0.1) is 12.2 Å². The van der Waals surface area contributed by atoms with Crippen molar-refractivity contribution in [2.45, 2.75) is 31.0 Å². The molecule has 0 bridgehead atoms. The summed E-state index contributed by atoms with van der Waals surface area (Å²) in [6.07, 6.45) is 5.28. The number of anilines is 2. The van der Waals surface area contributed by atoms with Gasteiger partial charge in [-0.15, -0.1) is 0 Å². The number of hydrogen-bond acceptors (Lipinski definition) is 6. The summed E-state index contributed by atoms with van der Waals surface area (Å²) in [5.41, 5.74) is 1.05. The van der Waals surface area contributed by atoms with Crippen LogP contribution in [0.4, 0.5) is 16.0 Å². The fraction of sp³-hybridized carbons (Fsp3) is 0.320. The maximum absolute atomic E-state index is 13.9. The largest absolute Gasteiger partial charge is 0.485 e. The second-order valence-corrected chi connectivity index (χ2v) is 8.44. The predicted molar refractivity (Wildman–Crippen MR) is 121 cm³/mol. The number of rotatable bonds is 5. The Morgan fingerprint density at radius 1 is 1.09 bits per heavy atom. The van der Waals surface area contributed by atoms with E-state index in [0.717, 1.165) is 18.5 Å². The highest BCUT2D eigenvalue weighted by atomic mass is 19.1. The van der Waals surface area contributed by atoms with E-state index in [1.165, 1.54) is 6.07 Å². The highest BCUT2D eigenvalue weighted by molar-refractivity contribution is 5.95. The van der Waals surface area contributed by atoms with Gasteiger partial charge in [-0.1, -0.05) is 18.2 Å². The number of ether oxygens (including phenoxy) is 2. The van der Waals surface area contributed by atoms with Crippen molar-refractivity contribution in [2.75, 3.05) is 25.0 Å². The molecule has 2 saturated heterocycles. The van der Waals surface area contributed by atoms with Gasteiger partial charge in [0.1, 0.15) is 6.10 Å². The zero-order chi connectivity index (χ0) is 22.7. The van der Waals surface area contributed by atoms with Gasteiger partial charge in [-0.3, -0.25) is 4.79 Å². The summed E-state index contributed by atoms with van der Waals surface area (Å²) in [5.74, 6) is 0.353. The Hall–Kier alpha value is -3.52. The van der Waals surface area contributed by atoms with Gasteiger partial charge in [0, 0.05) is 43.2 Å². The lowest BCUT2D eigenvalue weighted by atomic mass is 9.87. The lowest BCUT2D eigenvalue weighted by molar-refractivity contribution is -0.0395. The van der Waals surface area contributed by atoms with E-state index in [4.69, 9.17) is 9.47 Å². The molecular formula is C25H25FN4O3. The molecule has 0 radical (unpaired) electrons. The summed E-state index contributed by atoms with van der Waals surface area (Å²) in [5, 5.41) is 3.12. The van der Waals surface area contributed by atoms with Crippen molar-refractivity contribution in [3.63, 3.8) is 0 Å². The molecule has 3 aromatic rings. The van der Waals surface area contributed by atoms with Crippen LogP contribution in [0.15, 0.2) is 67.0 Å². The number of carbonyl (C=O) groups excluding carboxylic acids is 1. The lowest BCUT2D eigenvalue weighted by Gasteiger charge is -2.38. The number of nitrogens with one attached hydrogen (secondary N) is 1. The maximum atomic E-state index is 13.9. The third-order valence-electron chi connectivity index (χ3n) is 6.20. The van der Waals surface area contributed by atoms with E-state index >= 15 is 0 Å². The number of carbonyl (C=O) groups is 1. The van der Waals surface area contributed by atoms with Crippen molar-refractivity contribution >= 4 is 17.5 Å². The third-order valence-corrected chi connectivity index (χ3v) is 6.20. The molecule has 7 nitrogen and oxygen atoms in total. The van der Waals surface area contributed by atoms with E-state index in [2.05, 4.69) is 15.3 Å². The van der Waals surface area contributed by atoms with Crippen LogP contribution in [-0.2, 0) is 4.74 Å². The Labute approximate surface area is 191 Å². The van der Waals surface area contributed by atoms with Crippen LogP contribution >= 0.6 is 0 Å². The van der Waals surface area contributed by atoms with Crippen LogP contribution in [0.3, 0.4) is 0 Å². The molecule has 1 N–H and O–H groups in total. The molecule has 3 heterocycles. The normalized spacial score (nSPS) is 19.4. The first-order valence-electron chi connectivity index (χ1n) is 11.1. The number of halogens is 1. The van der Waals surface area contributed by atoms with Gasteiger partial charge < -0.3 is 19.7 Å². The number of piperidine rings is 1. The number of para-hydroxylation sites is 1. The maximum Gasteiger partial charge on any atom is 0.253 e. The SMILES string of the molecule is O=C(c1cccc(Nc2ncccn2)c1)N1CCC2(CC1)C[C@@H](Oc1ccccc1F)CO2. The van der Waals surface area contributed by atoms with Crippen molar-refractivity contribution in [1.29, 1.82) is 0 Å². The first-order valence-corrected chi connectivity index (χ1v) is 11.1. The van der Waals surface area contributed by atoms with E-state index in [-0.39, 0.29) is 29.2 Å². The van der Waals surface area contributed by atoms with E-state index < -0.39 is 0 Å². The Bertz CT molecular complexity index is 1120. The van der Waals surface area contributed by atoms with E-state index in [0.29, 0.717) is 37.6 Å². The smallest absolute Gasteiger partial charge is 0.253 e. The summed E-state index contributed by atoms with van der Waals surface area (Å²) >= 11 is 0. The molecule has 170 valence electrons. The van der Waals surface area contributed by atoms with E-state index in [1.54, 1.807) is 36.7 Å². The highest BCUT2D eigenvalue weighted by Crippen LogP contribution is 2.38. The van der Waals surface area contributed by atoms with Crippen molar-refractivity contribution in [2.24, 2.45) is 0 Å². The quantitative estimate of drug-likeness (QED) is 0.630. The van der Waals surface area contributed by atoms with Crippen LogP contribution in [-0.4, -0.2) is 52.2 Å². The average molecular weight is 448 g/mol. The van der Waals surface area contributed by atoms with Crippen LogP contribution in [0, 0.1) is 5.82 Å². The van der Waals surface area contributed by atoms with Crippen LogP contribution in [0.2, 0.25) is 0 Å². The summed E-state index contributed by atoms with van der Waals surface area (Å²) in [6.45, 7) is 1.63. The molecule has 5 rings (SSSR count). The average Bonchev–Trinajstić information content (AvgIpc) is 3.23. The molecular weight excluding hydrogens is 423 g/mol. The molecule has 33 heavy (non-hydrogen) atoms. The standard InChI is InChI=1S/C25H25FN4O3/c26-21-7-1-2-8-22(21)33-20-16-25(32-17-20)9-13-30(14-10-25)23(31)18-5-3-6-19(15-18)29-24-27-11-4-12-28-24/h1-8,11-12,15,20H,9-10,13-14,16-17H2,(H,27,28,29)/t20-/m1/s1. The molecule has 2 fully saturated rings. The zero-order valence-electron chi connectivity index (χ0n) is 18.1. The Morgan fingerprint density at radius 2 is 1.88 bits per heavy atom. The molecule has 2 aliphatic rings. The van der Waals surface area contributed by atoms with Crippen molar-refractivity contribution in [3.8, 4) is 5.75 Å². The van der Waals surface area contributed by atoms with Crippen LogP contribution in [0.5, 0.6) is 5.75 Å². The fourth-order valence-electron chi connectivity index (χ4n) is 4.47. The number of aromatic nitrogens is 2. The molecule has 0 aliphatic carbocycles. The number of likely N-dealkylation sites (tertiary alicyclic amines) is 1.